The van der Waals surface area contributed by atoms with Gasteiger partial charge in [0.15, 0.2) is 0 Å². The maximum absolute atomic E-state index is 14.5. The third kappa shape index (κ3) is 9.23. The monoisotopic (exact) mass is 685 g/mol. The molecule has 0 saturated carbocycles. The van der Waals surface area contributed by atoms with Crippen LogP contribution in [0.5, 0.6) is 0 Å². The molecule has 4 rings (SSSR count). The van der Waals surface area contributed by atoms with Gasteiger partial charge in [-0.05, 0) is 74.4 Å². The summed E-state index contributed by atoms with van der Waals surface area (Å²) < 4.78 is 29.3. The van der Waals surface area contributed by atoms with Crippen LogP contribution >= 0.6 is 34.8 Å². The molecule has 0 aliphatic rings. The molecule has 0 aliphatic carbocycles. The zero-order valence-electron chi connectivity index (χ0n) is 25.1. The minimum Gasteiger partial charge on any atom is -0.352 e. The topological polar surface area (TPSA) is 86.8 Å². The Labute approximate surface area is 279 Å². The number of halogens is 3. The summed E-state index contributed by atoms with van der Waals surface area (Å²) in [4.78, 5) is 29.6. The number of carbonyl (C=O) groups excluding carboxylic acids is 2. The van der Waals surface area contributed by atoms with E-state index < -0.39 is 28.5 Å². The minimum atomic E-state index is -4.28. The molecule has 45 heavy (non-hydrogen) atoms. The van der Waals surface area contributed by atoms with Gasteiger partial charge < -0.3 is 10.2 Å². The van der Waals surface area contributed by atoms with E-state index in [2.05, 4.69) is 5.32 Å². The fourth-order valence-corrected chi connectivity index (χ4v) is 6.81. The van der Waals surface area contributed by atoms with Gasteiger partial charge >= 0.3 is 0 Å². The van der Waals surface area contributed by atoms with E-state index in [0.29, 0.717) is 10.6 Å². The average Bonchev–Trinajstić information content (AvgIpc) is 2.98. The van der Waals surface area contributed by atoms with Gasteiger partial charge in [-0.1, -0.05) is 95.0 Å². The predicted molar refractivity (Wildman–Crippen MR) is 181 cm³/mol. The van der Waals surface area contributed by atoms with Crippen molar-refractivity contribution >= 4 is 62.3 Å². The molecule has 4 aromatic carbocycles. The predicted octanol–water partition coefficient (Wildman–Crippen LogP) is 7.32. The van der Waals surface area contributed by atoms with Crippen molar-refractivity contribution in [2.45, 2.75) is 50.7 Å². The molecule has 0 aromatic heterocycles. The van der Waals surface area contributed by atoms with Gasteiger partial charge in [-0.25, -0.2) is 8.42 Å². The van der Waals surface area contributed by atoms with E-state index in [1.54, 1.807) is 36.4 Å². The maximum atomic E-state index is 14.5. The Balaban J connectivity index is 1.82. The second-order valence-electron chi connectivity index (χ2n) is 11.0. The van der Waals surface area contributed by atoms with Crippen molar-refractivity contribution in [1.29, 1.82) is 0 Å². The first-order valence-electron chi connectivity index (χ1n) is 14.3. The van der Waals surface area contributed by atoms with E-state index in [4.69, 9.17) is 34.8 Å². The Morgan fingerprint density at radius 3 is 1.96 bits per heavy atom. The molecule has 0 aliphatic heterocycles. The van der Waals surface area contributed by atoms with Crippen molar-refractivity contribution in [1.82, 2.24) is 10.2 Å². The van der Waals surface area contributed by atoms with Gasteiger partial charge in [0.2, 0.25) is 11.8 Å². The number of rotatable bonds is 12. The van der Waals surface area contributed by atoms with Crippen molar-refractivity contribution < 1.29 is 18.0 Å². The minimum absolute atomic E-state index is 0.0142. The molecule has 0 fully saturated rings. The molecule has 0 unspecified atom stereocenters. The number of nitrogens with one attached hydrogen (secondary N) is 1. The maximum Gasteiger partial charge on any atom is 0.264 e. The number of hydrogen-bond acceptors (Lipinski definition) is 4. The lowest BCUT2D eigenvalue weighted by Crippen LogP contribution is -2.54. The molecule has 0 spiro atoms. The second kappa shape index (κ2) is 15.1. The van der Waals surface area contributed by atoms with Crippen molar-refractivity contribution in [2.24, 2.45) is 0 Å². The lowest BCUT2D eigenvalue weighted by Gasteiger charge is -2.34. The van der Waals surface area contributed by atoms with Crippen LogP contribution in [0.1, 0.15) is 30.5 Å². The smallest absolute Gasteiger partial charge is 0.264 e. The normalized spacial score (nSPS) is 12.1. The van der Waals surface area contributed by atoms with Crippen LogP contribution in [0.2, 0.25) is 15.1 Å². The first-order chi connectivity index (χ1) is 21.3. The highest BCUT2D eigenvalue weighted by molar-refractivity contribution is 7.92. The summed E-state index contributed by atoms with van der Waals surface area (Å²) in [6.45, 7) is 4.91. The van der Waals surface area contributed by atoms with E-state index in [1.165, 1.54) is 35.2 Å². The molecule has 0 saturated heterocycles. The average molecular weight is 687 g/mol. The molecule has 7 nitrogen and oxygen atoms in total. The van der Waals surface area contributed by atoms with Gasteiger partial charge in [0.05, 0.1) is 10.6 Å². The Hall–Kier alpha value is -3.56. The molecule has 0 radical (unpaired) electrons. The van der Waals surface area contributed by atoms with E-state index in [9.17, 15) is 18.0 Å². The van der Waals surface area contributed by atoms with Crippen LogP contribution < -0.4 is 9.62 Å². The molecule has 2 amide bonds. The highest BCUT2D eigenvalue weighted by Crippen LogP contribution is 2.30. The van der Waals surface area contributed by atoms with Crippen molar-refractivity contribution in [3.8, 4) is 0 Å². The van der Waals surface area contributed by atoms with E-state index >= 15 is 0 Å². The Kier molecular flexibility index (Phi) is 11.6. The van der Waals surface area contributed by atoms with Crippen LogP contribution in [0.4, 0.5) is 5.69 Å². The number of benzene rings is 4. The van der Waals surface area contributed by atoms with Gasteiger partial charge in [-0.15, -0.1) is 0 Å². The number of hydrogen-bond donors (Lipinski definition) is 1. The third-order valence-electron chi connectivity index (χ3n) is 6.99. The Bertz CT molecular complexity index is 1710. The van der Waals surface area contributed by atoms with Crippen LogP contribution in [0.25, 0.3) is 0 Å². The zero-order chi connectivity index (χ0) is 32.7. The van der Waals surface area contributed by atoms with Crippen LogP contribution in [0.15, 0.2) is 102 Å². The number of aryl methyl sites for hydroxylation is 1. The zero-order valence-corrected chi connectivity index (χ0v) is 28.2. The molecule has 4 aromatic rings. The number of anilines is 1. The van der Waals surface area contributed by atoms with Gasteiger partial charge in [0.25, 0.3) is 10.0 Å². The molecule has 1 atom stereocenters. The summed E-state index contributed by atoms with van der Waals surface area (Å²) in [5, 5.41) is 3.85. The summed E-state index contributed by atoms with van der Waals surface area (Å²) in [6, 6.07) is 25.8. The molecule has 1 N–H and O–H groups in total. The van der Waals surface area contributed by atoms with E-state index in [0.717, 1.165) is 15.4 Å². The summed E-state index contributed by atoms with van der Waals surface area (Å²) in [7, 11) is -4.28. The molecule has 0 bridgehead atoms. The van der Waals surface area contributed by atoms with Gasteiger partial charge in [-0.3, -0.25) is 13.9 Å². The summed E-state index contributed by atoms with van der Waals surface area (Å²) >= 11 is 18.7. The molecule has 11 heteroatoms. The summed E-state index contributed by atoms with van der Waals surface area (Å²) in [6.07, 6.45) is 0.201. The lowest BCUT2D eigenvalue weighted by atomic mass is 10.0. The van der Waals surface area contributed by atoms with Crippen molar-refractivity contribution in [3.05, 3.63) is 129 Å². The molecule has 236 valence electrons. The Morgan fingerprint density at radius 2 is 1.38 bits per heavy atom. The highest BCUT2D eigenvalue weighted by Gasteiger charge is 2.35. The fraction of sp³-hybridized carbons (Fsp3) is 0.235. The first kappa shape index (κ1) is 34.3. The molecular weight excluding hydrogens is 653 g/mol. The van der Waals surface area contributed by atoms with Crippen LogP contribution in [0.3, 0.4) is 0 Å². The molecular formula is C34H34Cl3N3O4S. The standard InChI is InChI=1S/C34H34Cl3N3O4S/c1-23(2)38-34(42)32(17-25-7-5-4-6-8-25)39(21-26-11-13-27(35)14-12-26)33(41)22-40(30-19-28(36)18-29(37)20-30)45(43,44)31-15-9-24(3)10-16-31/h4-16,18-20,23,32H,17,21-22H2,1-3H3,(H,38,42)/t32-/m1/s1. The lowest BCUT2D eigenvalue weighted by molar-refractivity contribution is -0.140. The fourth-order valence-electron chi connectivity index (χ4n) is 4.77. The van der Waals surface area contributed by atoms with Crippen LogP contribution in [0, 0.1) is 6.92 Å². The van der Waals surface area contributed by atoms with Gasteiger partial charge in [0.1, 0.15) is 12.6 Å². The highest BCUT2D eigenvalue weighted by atomic mass is 35.5. The number of carbonyl (C=O) groups is 2. The van der Waals surface area contributed by atoms with E-state index in [-0.39, 0.29) is 45.5 Å². The second-order valence-corrected chi connectivity index (χ2v) is 14.1. The summed E-state index contributed by atoms with van der Waals surface area (Å²) in [5.74, 6) is -0.966. The number of sulfonamides is 1. The number of amides is 2. The van der Waals surface area contributed by atoms with Gasteiger partial charge in [-0.2, -0.15) is 0 Å². The van der Waals surface area contributed by atoms with Crippen LogP contribution in [-0.4, -0.2) is 43.8 Å². The largest absolute Gasteiger partial charge is 0.352 e. The van der Waals surface area contributed by atoms with Gasteiger partial charge in [0, 0.05) is 34.1 Å². The number of nitrogens with zero attached hydrogens (tertiary/aromatic N) is 2. The van der Waals surface area contributed by atoms with E-state index in [1.807, 2.05) is 51.1 Å². The van der Waals surface area contributed by atoms with Crippen LogP contribution in [-0.2, 0) is 32.6 Å². The summed E-state index contributed by atoms with van der Waals surface area (Å²) in [5.41, 5.74) is 2.53. The third-order valence-corrected chi connectivity index (χ3v) is 9.47. The van der Waals surface area contributed by atoms with Crippen molar-refractivity contribution in [2.75, 3.05) is 10.8 Å². The quantitative estimate of drug-likeness (QED) is 0.169. The SMILES string of the molecule is Cc1ccc(S(=O)(=O)N(CC(=O)N(Cc2ccc(Cl)cc2)[C@H](Cc2ccccc2)C(=O)NC(C)C)c2cc(Cl)cc(Cl)c2)cc1. The molecule has 0 heterocycles. The first-order valence-corrected chi connectivity index (χ1v) is 16.8. The van der Waals surface area contributed by atoms with Crippen molar-refractivity contribution in [3.63, 3.8) is 0 Å². The Morgan fingerprint density at radius 1 is 0.778 bits per heavy atom.